The van der Waals surface area contributed by atoms with Gasteiger partial charge < -0.3 is 4.52 Å². The molecule has 2 fully saturated rings. The second-order valence-corrected chi connectivity index (χ2v) is 8.64. The van der Waals surface area contributed by atoms with Crippen molar-refractivity contribution in [2.75, 3.05) is 19.6 Å². The van der Waals surface area contributed by atoms with Crippen LogP contribution in [0.2, 0.25) is 0 Å². The van der Waals surface area contributed by atoms with Gasteiger partial charge >= 0.3 is 0 Å². The maximum Gasteiger partial charge on any atom is 0.282 e. The average molecular weight is 377 g/mol. The third kappa shape index (κ3) is 3.38. The molecule has 0 amide bonds. The zero-order valence-electron chi connectivity index (χ0n) is 14.6. The van der Waals surface area contributed by atoms with Crippen LogP contribution in [0.5, 0.6) is 0 Å². The maximum absolute atomic E-state index is 13.2. The molecule has 4 rings (SSSR count). The molecule has 2 aliphatic rings. The highest BCUT2D eigenvalue weighted by molar-refractivity contribution is 7.86. The molecule has 0 radical (unpaired) electrons. The number of pyridine rings is 1. The van der Waals surface area contributed by atoms with Gasteiger partial charge in [-0.3, -0.25) is 4.98 Å². The molecule has 2 aliphatic heterocycles. The van der Waals surface area contributed by atoms with Crippen molar-refractivity contribution < 1.29 is 12.9 Å². The van der Waals surface area contributed by atoms with E-state index >= 15 is 0 Å². The van der Waals surface area contributed by atoms with Gasteiger partial charge in [0.05, 0.1) is 0 Å². The van der Waals surface area contributed by atoms with Crippen molar-refractivity contribution in [2.45, 2.75) is 44.6 Å². The van der Waals surface area contributed by atoms with E-state index in [4.69, 9.17) is 4.52 Å². The molecule has 4 heterocycles. The Morgan fingerprint density at radius 1 is 1.04 bits per heavy atom. The Labute approximate surface area is 153 Å². The van der Waals surface area contributed by atoms with E-state index in [0.29, 0.717) is 43.5 Å². The van der Waals surface area contributed by atoms with Crippen molar-refractivity contribution >= 4 is 10.2 Å². The molecule has 0 aliphatic carbocycles. The molecule has 26 heavy (non-hydrogen) atoms. The summed E-state index contributed by atoms with van der Waals surface area (Å²) >= 11 is 0. The zero-order valence-corrected chi connectivity index (χ0v) is 15.4. The molecule has 0 unspecified atom stereocenters. The van der Waals surface area contributed by atoms with Gasteiger partial charge in [0.2, 0.25) is 11.7 Å². The first-order valence-corrected chi connectivity index (χ1v) is 10.6. The van der Waals surface area contributed by atoms with Crippen LogP contribution in [0, 0.1) is 0 Å². The van der Waals surface area contributed by atoms with E-state index in [2.05, 4.69) is 15.1 Å². The zero-order chi connectivity index (χ0) is 18.0. The van der Waals surface area contributed by atoms with Crippen LogP contribution in [0.25, 0.3) is 11.5 Å². The molecule has 0 saturated carbocycles. The molecule has 140 valence electrons. The summed E-state index contributed by atoms with van der Waals surface area (Å²) in [4.78, 5) is 8.64. The lowest BCUT2D eigenvalue weighted by Gasteiger charge is -2.28. The van der Waals surface area contributed by atoms with Gasteiger partial charge in [-0.05, 0) is 37.8 Å². The van der Waals surface area contributed by atoms with Crippen LogP contribution in [0.4, 0.5) is 0 Å². The van der Waals surface area contributed by atoms with E-state index in [0.717, 1.165) is 32.1 Å². The molecule has 1 atom stereocenters. The van der Waals surface area contributed by atoms with Gasteiger partial charge in [0.25, 0.3) is 10.2 Å². The van der Waals surface area contributed by atoms with Crippen LogP contribution >= 0.6 is 0 Å². The van der Waals surface area contributed by atoms with E-state index in [1.807, 2.05) is 12.1 Å². The monoisotopic (exact) mass is 377 g/mol. The van der Waals surface area contributed by atoms with E-state index in [1.165, 1.54) is 4.31 Å². The summed E-state index contributed by atoms with van der Waals surface area (Å²) in [5.74, 6) is 0.737. The van der Waals surface area contributed by atoms with Crippen LogP contribution in [-0.2, 0) is 10.2 Å². The van der Waals surface area contributed by atoms with E-state index < -0.39 is 16.3 Å². The largest absolute Gasteiger partial charge is 0.337 e. The van der Waals surface area contributed by atoms with Gasteiger partial charge in [-0.15, -0.1) is 0 Å². The standard InChI is InChI=1S/C17H23N5O3S/c23-26(24,21-11-5-1-2-6-12-21)22-13-7-9-15(22)17-19-16(20-25-17)14-8-3-4-10-18-14/h3-4,8,10,15H,1-2,5-7,9,11-13H2/t15-/m1/s1. The van der Waals surface area contributed by atoms with Crippen LogP contribution in [0.1, 0.15) is 50.5 Å². The number of aromatic nitrogens is 3. The molecular formula is C17H23N5O3S. The van der Waals surface area contributed by atoms with Crippen molar-refractivity contribution in [3.05, 3.63) is 30.3 Å². The molecule has 0 aromatic carbocycles. The predicted octanol–water partition coefficient (Wildman–Crippen LogP) is 2.39. The molecule has 2 aromatic rings. The van der Waals surface area contributed by atoms with E-state index in [-0.39, 0.29) is 0 Å². The molecular weight excluding hydrogens is 354 g/mol. The van der Waals surface area contributed by atoms with Gasteiger partial charge in [-0.25, -0.2) is 0 Å². The molecule has 0 N–H and O–H groups in total. The van der Waals surface area contributed by atoms with E-state index in [9.17, 15) is 8.42 Å². The summed E-state index contributed by atoms with van der Waals surface area (Å²) in [6.07, 6.45) is 7.16. The summed E-state index contributed by atoms with van der Waals surface area (Å²) in [5.41, 5.74) is 0.613. The number of hydrogen-bond acceptors (Lipinski definition) is 6. The van der Waals surface area contributed by atoms with Crippen LogP contribution in [-0.4, -0.2) is 51.8 Å². The SMILES string of the molecule is O=S(=O)(N1CCCCCC1)N1CCC[C@@H]1c1nc(-c2ccccn2)no1. The second kappa shape index (κ2) is 7.42. The van der Waals surface area contributed by atoms with Crippen molar-refractivity contribution in [2.24, 2.45) is 0 Å². The van der Waals surface area contributed by atoms with Gasteiger partial charge in [0, 0.05) is 25.8 Å². The van der Waals surface area contributed by atoms with Crippen LogP contribution in [0.3, 0.4) is 0 Å². The number of nitrogens with zero attached hydrogens (tertiary/aromatic N) is 5. The van der Waals surface area contributed by atoms with Crippen LogP contribution < -0.4 is 0 Å². The van der Waals surface area contributed by atoms with Crippen molar-refractivity contribution in [1.82, 2.24) is 23.7 Å². The summed E-state index contributed by atoms with van der Waals surface area (Å²) < 4.78 is 34.9. The van der Waals surface area contributed by atoms with Crippen molar-refractivity contribution in [3.63, 3.8) is 0 Å². The highest BCUT2D eigenvalue weighted by Crippen LogP contribution is 2.35. The highest BCUT2D eigenvalue weighted by Gasteiger charge is 2.41. The van der Waals surface area contributed by atoms with Crippen molar-refractivity contribution in [1.29, 1.82) is 0 Å². The first-order chi connectivity index (χ1) is 12.7. The highest BCUT2D eigenvalue weighted by atomic mass is 32.2. The van der Waals surface area contributed by atoms with Gasteiger partial charge in [0.1, 0.15) is 11.7 Å². The topological polar surface area (TPSA) is 92.4 Å². The Kier molecular flexibility index (Phi) is 5.01. The summed E-state index contributed by atoms with van der Waals surface area (Å²) in [5, 5.41) is 3.99. The maximum atomic E-state index is 13.2. The first-order valence-electron chi connectivity index (χ1n) is 9.18. The normalized spacial score (nSPS) is 23.2. The third-order valence-corrected chi connectivity index (χ3v) is 7.06. The summed E-state index contributed by atoms with van der Waals surface area (Å²) in [6.45, 7) is 1.67. The van der Waals surface area contributed by atoms with Gasteiger partial charge in [0.15, 0.2) is 0 Å². The molecule has 0 bridgehead atoms. The fraction of sp³-hybridized carbons (Fsp3) is 0.588. The Morgan fingerprint density at radius 3 is 2.58 bits per heavy atom. The lowest BCUT2D eigenvalue weighted by atomic mass is 10.2. The minimum absolute atomic E-state index is 0.349. The predicted molar refractivity (Wildman–Crippen MR) is 95.2 cm³/mol. The number of rotatable bonds is 4. The quantitative estimate of drug-likeness (QED) is 0.812. The molecule has 9 heteroatoms. The minimum atomic E-state index is -3.51. The fourth-order valence-electron chi connectivity index (χ4n) is 3.65. The van der Waals surface area contributed by atoms with Gasteiger partial charge in [-0.1, -0.05) is 24.1 Å². The second-order valence-electron chi connectivity index (χ2n) is 6.76. The van der Waals surface area contributed by atoms with Gasteiger partial charge in [-0.2, -0.15) is 22.0 Å². The van der Waals surface area contributed by atoms with Crippen molar-refractivity contribution in [3.8, 4) is 11.5 Å². The Morgan fingerprint density at radius 2 is 1.85 bits per heavy atom. The Balaban J connectivity index is 1.58. The Hall–Kier alpha value is -1.84. The molecule has 0 spiro atoms. The smallest absolute Gasteiger partial charge is 0.282 e. The summed E-state index contributed by atoms with van der Waals surface area (Å²) in [7, 11) is -3.51. The molecule has 2 aromatic heterocycles. The Bertz CT molecular complexity index is 831. The van der Waals surface area contributed by atoms with E-state index in [1.54, 1.807) is 16.6 Å². The molecule has 2 saturated heterocycles. The van der Waals surface area contributed by atoms with Crippen LogP contribution in [0.15, 0.2) is 28.9 Å². The summed E-state index contributed by atoms with van der Waals surface area (Å²) in [6, 6.07) is 5.07. The average Bonchev–Trinajstić information content (AvgIpc) is 3.25. The lowest BCUT2D eigenvalue weighted by molar-refractivity contribution is 0.272. The third-order valence-electron chi connectivity index (χ3n) is 5.01. The molecule has 8 nitrogen and oxygen atoms in total. The number of hydrogen-bond donors (Lipinski definition) is 0. The fourth-order valence-corrected chi connectivity index (χ4v) is 5.55. The lowest BCUT2D eigenvalue weighted by Crippen LogP contribution is -2.44. The minimum Gasteiger partial charge on any atom is -0.337 e. The first kappa shape index (κ1) is 17.6.